The van der Waals surface area contributed by atoms with Gasteiger partial charge in [0.25, 0.3) is 0 Å². The van der Waals surface area contributed by atoms with Gasteiger partial charge in [0.15, 0.2) is 0 Å². The predicted molar refractivity (Wildman–Crippen MR) is 94.8 cm³/mol. The molecule has 2 aromatic rings. The van der Waals surface area contributed by atoms with Crippen molar-refractivity contribution in [3.63, 3.8) is 0 Å². The molecule has 0 spiro atoms. The molecule has 0 saturated carbocycles. The fraction of sp³-hybridized carbons (Fsp3) is 0.400. The maximum atomic E-state index is 13.8. The van der Waals surface area contributed by atoms with Crippen LogP contribution in [0.1, 0.15) is 36.6 Å². The second kappa shape index (κ2) is 7.77. The van der Waals surface area contributed by atoms with Gasteiger partial charge in [0.1, 0.15) is 18.2 Å². The van der Waals surface area contributed by atoms with Gasteiger partial charge < -0.3 is 15.0 Å². The molecular formula is C20H25FN2O. The molecule has 3 rings (SSSR count). The summed E-state index contributed by atoms with van der Waals surface area (Å²) in [5.74, 6) is 0.528. The molecule has 1 atom stereocenters. The Kier molecular flexibility index (Phi) is 5.48. The first-order valence-electron chi connectivity index (χ1n) is 8.68. The molecule has 1 heterocycles. The van der Waals surface area contributed by atoms with Gasteiger partial charge >= 0.3 is 0 Å². The van der Waals surface area contributed by atoms with Gasteiger partial charge in [0, 0.05) is 18.7 Å². The summed E-state index contributed by atoms with van der Waals surface area (Å²) in [7, 11) is 0. The Morgan fingerprint density at radius 2 is 1.92 bits per heavy atom. The largest absolute Gasteiger partial charge is 0.489 e. The molecule has 1 aliphatic heterocycles. The molecule has 0 bridgehead atoms. The number of benzene rings is 2. The van der Waals surface area contributed by atoms with E-state index < -0.39 is 0 Å². The molecule has 0 saturated heterocycles. The zero-order valence-electron chi connectivity index (χ0n) is 14.4. The molecule has 0 aliphatic carbocycles. The molecule has 1 aliphatic rings. The van der Waals surface area contributed by atoms with Gasteiger partial charge in [-0.2, -0.15) is 0 Å². The van der Waals surface area contributed by atoms with Crippen molar-refractivity contribution in [2.24, 2.45) is 0 Å². The highest BCUT2D eigenvalue weighted by Gasteiger charge is 2.24. The van der Waals surface area contributed by atoms with E-state index in [0.29, 0.717) is 6.61 Å². The molecule has 0 aromatic heterocycles. The number of nitrogens with one attached hydrogen (secondary N) is 1. The minimum Gasteiger partial charge on any atom is -0.489 e. The lowest BCUT2D eigenvalue weighted by molar-refractivity contribution is 0.298. The van der Waals surface area contributed by atoms with Crippen molar-refractivity contribution in [3.8, 4) is 5.75 Å². The van der Waals surface area contributed by atoms with E-state index in [-0.39, 0.29) is 11.9 Å². The lowest BCUT2D eigenvalue weighted by Gasteiger charge is -2.23. The lowest BCUT2D eigenvalue weighted by atomic mass is 9.95. The Bertz CT molecular complexity index is 685. The molecule has 1 N–H and O–H groups in total. The summed E-state index contributed by atoms with van der Waals surface area (Å²) in [5, 5.41) is 3.61. The van der Waals surface area contributed by atoms with Gasteiger partial charge in [0.05, 0.1) is 6.04 Å². The Morgan fingerprint density at radius 3 is 2.71 bits per heavy atom. The highest BCUT2D eigenvalue weighted by atomic mass is 19.1. The molecule has 3 nitrogen and oxygen atoms in total. The average molecular weight is 328 g/mol. The maximum absolute atomic E-state index is 13.8. The first-order valence-corrected chi connectivity index (χ1v) is 8.68. The summed E-state index contributed by atoms with van der Waals surface area (Å²) in [6.45, 7) is 8.74. The highest BCUT2D eigenvalue weighted by molar-refractivity contribution is 5.46. The van der Waals surface area contributed by atoms with E-state index in [1.54, 1.807) is 12.1 Å². The van der Waals surface area contributed by atoms with Crippen molar-refractivity contribution in [1.82, 2.24) is 10.2 Å². The molecular weight excluding hydrogens is 303 g/mol. The summed E-state index contributed by atoms with van der Waals surface area (Å²) >= 11 is 0. The number of fused-ring (bicyclic) bond motifs is 2. The Balaban J connectivity index is 1.89. The van der Waals surface area contributed by atoms with Crippen LogP contribution in [0.4, 0.5) is 4.39 Å². The highest BCUT2D eigenvalue weighted by Crippen LogP contribution is 2.36. The summed E-state index contributed by atoms with van der Waals surface area (Å²) in [5.41, 5.74) is 3.19. The van der Waals surface area contributed by atoms with Gasteiger partial charge in [-0.3, -0.25) is 0 Å². The number of rotatable bonds is 6. The van der Waals surface area contributed by atoms with Gasteiger partial charge in [0.2, 0.25) is 0 Å². The van der Waals surface area contributed by atoms with Crippen molar-refractivity contribution in [2.45, 2.75) is 26.5 Å². The van der Waals surface area contributed by atoms with Crippen molar-refractivity contribution in [1.29, 1.82) is 0 Å². The van der Waals surface area contributed by atoms with Crippen molar-refractivity contribution in [2.75, 3.05) is 26.2 Å². The Labute approximate surface area is 143 Å². The van der Waals surface area contributed by atoms with Crippen LogP contribution in [-0.2, 0) is 6.61 Å². The van der Waals surface area contributed by atoms with Crippen LogP contribution in [0.15, 0.2) is 42.5 Å². The van der Waals surface area contributed by atoms with Gasteiger partial charge in [-0.1, -0.05) is 38.1 Å². The average Bonchev–Trinajstić information content (AvgIpc) is 2.76. The van der Waals surface area contributed by atoms with Crippen molar-refractivity contribution in [3.05, 3.63) is 65.0 Å². The summed E-state index contributed by atoms with van der Waals surface area (Å²) in [6, 6.07) is 13.0. The molecule has 0 fully saturated rings. The third-order valence-corrected chi connectivity index (χ3v) is 4.70. The van der Waals surface area contributed by atoms with E-state index >= 15 is 0 Å². The lowest BCUT2D eigenvalue weighted by Crippen LogP contribution is -2.34. The van der Waals surface area contributed by atoms with Crippen LogP contribution in [-0.4, -0.2) is 31.1 Å². The monoisotopic (exact) mass is 328 g/mol. The first-order chi connectivity index (χ1) is 11.7. The number of likely N-dealkylation sites (N-methyl/N-ethyl adjacent to an activating group) is 1. The second-order valence-electron chi connectivity index (χ2n) is 6.08. The molecule has 24 heavy (non-hydrogen) atoms. The fourth-order valence-electron chi connectivity index (χ4n) is 3.27. The zero-order chi connectivity index (χ0) is 16.9. The standard InChI is InChI=1S/C20H25FN2O/c1-3-23(4-2)12-11-22-20-17-8-6-5-7-15(17)14-24-19-10-9-16(21)13-18(19)20/h5-10,13,20,22H,3-4,11-12,14H2,1-2H3. The number of halogens is 1. The van der Waals surface area contributed by atoms with E-state index in [2.05, 4.69) is 36.2 Å². The van der Waals surface area contributed by atoms with Gasteiger partial charge in [-0.25, -0.2) is 4.39 Å². The SMILES string of the molecule is CCN(CC)CCNC1c2ccccc2COc2ccc(F)cc21. The molecule has 1 unspecified atom stereocenters. The third kappa shape index (κ3) is 3.60. The van der Waals surface area contributed by atoms with Gasteiger partial charge in [-0.15, -0.1) is 0 Å². The smallest absolute Gasteiger partial charge is 0.125 e. The number of ether oxygens (including phenoxy) is 1. The minimum absolute atomic E-state index is 0.0510. The first kappa shape index (κ1) is 16.9. The predicted octanol–water partition coefficient (Wildman–Crippen LogP) is 3.74. The van der Waals surface area contributed by atoms with Crippen molar-refractivity contribution >= 4 is 0 Å². The van der Waals surface area contributed by atoms with Crippen LogP contribution in [0.25, 0.3) is 0 Å². The molecule has 4 heteroatoms. The minimum atomic E-state index is -0.229. The number of nitrogens with zero attached hydrogens (tertiary/aromatic N) is 1. The molecule has 0 radical (unpaired) electrons. The molecule has 0 amide bonds. The van der Waals surface area contributed by atoms with Crippen LogP contribution in [0.5, 0.6) is 5.75 Å². The quantitative estimate of drug-likeness (QED) is 0.874. The topological polar surface area (TPSA) is 24.5 Å². The number of hydrogen-bond donors (Lipinski definition) is 1. The molecule has 128 valence electrons. The Hall–Kier alpha value is -1.91. The fourth-order valence-corrected chi connectivity index (χ4v) is 3.27. The van der Waals surface area contributed by atoms with Crippen LogP contribution in [0.2, 0.25) is 0 Å². The number of hydrogen-bond acceptors (Lipinski definition) is 3. The summed E-state index contributed by atoms with van der Waals surface area (Å²) < 4.78 is 19.8. The summed E-state index contributed by atoms with van der Waals surface area (Å²) in [4.78, 5) is 2.37. The van der Waals surface area contributed by atoms with E-state index in [1.807, 2.05) is 12.1 Å². The van der Waals surface area contributed by atoms with Crippen molar-refractivity contribution < 1.29 is 9.13 Å². The normalized spacial score (nSPS) is 16.2. The second-order valence-corrected chi connectivity index (χ2v) is 6.08. The Morgan fingerprint density at radius 1 is 1.12 bits per heavy atom. The van der Waals surface area contributed by atoms with Crippen LogP contribution >= 0.6 is 0 Å². The van der Waals surface area contributed by atoms with E-state index in [4.69, 9.17) is 4.74 Å². The van der Waals surface area contributed by atoms with E-state index in [1.165, 1.54) is 11.6 Å². The van der Waals surface area contributed by atoms with Crippen LogP contribution in [0, 0.1) is 5.82 Å². The van der Waals surface area contributed by atoms with Crippen LogP contribution < -0.4 is 10.1 Å². The van der Waals surface area contributed by atoms with E-state index in [0.717, 1.165) is 43.1 Å². The van der Waals surface area contributed by atoms with E-state index in [9.17, 15) is 4.39 Å². The van der Waals surface area contributed by atoms with Gasteiger partial charge in [-0.05, 0) is 42.4 Å². The summed E-state index contributed by atoms with van der Waals surface area (Å²) in [6.07, 6.45) is 0. The maximum Gasteiger partial charge on any atom is 0.125 e. The third-order valence-electron chi connectivity index (χ3n) is 4.70. The molecule has 2 aromatic carbocycles. The van der Waals surface area contributed by atoms with Crippen LogP contribution in [0.3, 0.4) is 0 Å². The zero-order valence-corrected chi connectivity index (χ0v) is 14.4.